The third-order valence-corrected chi connectivity index (χ3v) is 5.19. The summed E-state index contributed by atoms with van der Waals surface area (Å²) in [6.45, 7) is 0.168. The van der Waals surface area contributed by atoms with Crippen molar-refractivity contribution in [2.75, 3.05) is 0 Å². The van der Waals surface area contributed by atoms with E-state index < -0.39 is 17.5 Å². The molecule has 0 bridgehead atoms. The first kappa shape index (κ1) is 20.7. The zero-order valence-electron chi connectivity index (χ0n) is 15.0. The van der Waals surface area contributed by atoms with E-state index in [1.807, 2.05) is 12.1 Å². The molecule has 1 aromatic heterocycles. The third-order valence-electron chi connectivity index (χ3n) is 4.33. The smallest absolute Gasteiger partial charge is 0.449 e. The fourth-order valence-electron chi connectivity index (χ4n) is 3.02. The summed E-state index contributed by atoms with van der Waals surface area (Å²) in [7, 11) is 0. The van der Waals surface area contributed by atoms with Crippen LogP contribution in [-0.4, -0.2) is 21.7 Å². The SMILES string of the molecule is NC(=O)CCn1cc(OC(=O)O)c(=O)c2cc(Cc3cccc(Cl)c3Cl)ccc21. The van der Waals surface area contributed by atoms with Crippen LogP contribution in [0.3, 0.4) is 0 Å². The Labute approximate surface area is 175 Å². The number of carboxylic acid groups (broad SMARTS) is 1. The van der Waals surface area contributed by atoms with Crippen molar-refractivity contribution in [3.8, 4) is 5.75 Å². The summed E-state index contributed by atoms with van der Waals surface area (Å²) in [5, 5.41) is 10.0. The average molecular weight is 435 g/mol. The Morgan fingerprint density at radius 3 is 2.62 bits per heavy atom. The van der Waals surface area contributed by atoms with Crippen LogP contribution in [0.15, 0.2) is 47.4 Å². The molecule has 0 aliphatic carbocycles. The topological polar surface area (TPSA) is 112 Å². The lowest BCUT2D eigenvalue weighted by Crippen LogP contribution is -2.19. The first-order valence-corrected chi connectivity index (χ1v) is 9.30. The van der Waals surface area contributed by atoms with E-state index in [-0.39, 0.29) is 24.1 Å². The van der Waals surface area contributed by atoms with Crippen LogP contribution in [0.5, 0.6) is 5.75 Å². The molecule has 0 fully saturated rings. The Balaban J connectivity index is 2.10. The number of rotatable bonds is 6. The minimum absolute atomic E-state index is 0.0182. The van der Waals surface area contributed by atoms with E-state index in [0.29, 0.717) is 22.0 Å². The molecule has 29 heavy (non-hydrogen) atoms. The Morgan fingerprint density at radius 1 is 1.17 bits per heavy atom. The number of carbonyl (C=O) groups is 2. The van der Waals surface area contributed by atoms with E-state index in [2.05, 4.69) is 4.74 Å². The summed E-state index contributed by atoms with van der Waals surface area (Å²) < 4.78 is 6.19. The minimum Gasteiger partial charge on any atom is -0.449 e. The van der Waals surface area contributed by atoms with Gasteiger partial charge in [-0.3, -0.25) is 9.59 Å². The molecule has 2 aromatic carbocycles. The highest BCUT2D eigenvalue weighted by molar-refractivity contribution is 6.42. The molecular weight excluding hydrogens is 419 g/mol. The van der Waals surface area contributed by atoms with E-state index in [1.165, 1.54) is 6.20 Å². The normalized spacial score (nSPS) is 10.8. The van der Waals surface area contributed by atoms with Gasteiger partial charge < -0.3 is 20.1 Å². The van der Waals surface area contributed by atoms with Gasteiger partial charge >= 0.3 is 6.16 Å². The van der Waals surface area contributed by atoms with E-state index in [4.69, 9.17) is 34.0 Å². The van der Waals surface area contributed by atoms with E-state index in [9.17, 15) is 14.4 Å². The van der Waals surface area contributed by atoms with Gasteiger partial charge in [-0.2, -0.15) is 0 Å². The van der Waals surface area contributed by atoms with E-state index >= 15 is 0 Å². The van der Waals surface area contributed by atoms with Crippen molar-refractivity contribution in [2.45, 2.75) is 19.4 Å². The maximum Gasteiger partial charge on any atom is 0.511 e. The number of fused-ring (bicyclic) bond motifs is 1. The zero-order chi connectivity index (χ0) is 21.1. The van der Waals surface area contributed by atoms with Crippen LogP contribution in [0.1, 0.15) is 17.5 Å². The van der Waals surface area contributed by atoms with Gasteiger partial charge in [0.25, 0.3) is 0 Å². The summed E-state index contributed by atoms with van der Waals surface area (Å²) in [6.07, 6.45) is 0.0874. The maximum atomic E-state index is 12.7. The maximum absolute atomic E-state index is 12.7. The van der Waals surface area contributed by atoms with Crippen LogP contribution in [0.25, 0.3) is 10.9 Å². The number of aryl methyl sites for hydroxylation is 1. The molecule has 1 heterocycles. The molecule has 0 aliphatic heterocycles. The second kappa shape index (κ2) is 8.55. The lowest BCUT2D eigenvalue weighted by Gasteiger charge is -2.13. The predicted molar refractivity (Wildman–Crippen MR) is 110 cm³/mol. The Bertz CT molecular complexity index is 1170. The van der Waals surface area contributed by atoms with Crippen molar-refractivity contribution in [3.63, 3.8) is 0 Å². The lowest BCUT2D eigenvalue weighted by atomic mass is 10.0. The summed E-state index contributed by atoms with van der Waals surface area (Å²) in [5.74, 6) is -0.878. The number of benzene rings is 2. The highest BCUT2D eigenvalue weighted by Crippen LogP contribution is 2.28. The molecule has 150 valence electrons. The molecule has 3 aromatic rings. The second-order valence-electron chi connectivity index (χ2n) is 6.34. The molecule has 0 saturated carbocycles. The number of pyridine rings is 1. The number of carbonyl (C=O) groups excluding carboxylic acids is 1. The first-order valence-electron chi connectivity index (χ1n) is 8.54. The van der Waals surface area contributed by atoms with Gasteiger partial charge in [-0.1, -0.05) is 41.4 Å². The van der Waals surface area contributed by atoms with Gasteiger partial charge in [-0.15, -0.1) is 0 Å². The number of halogens is 2. The van der Waals surface area contributed by atoms with Crippen LogP contribution >= 0.6 is 23.2 Å². The molecule has 0 radical (unpaired) electrons. The molecule has 3 N–H and O–H groups in total. The Hall–Kier alpha value is -3.03. The number of nitrogens with zero attached hydrogens (tertiary/aromatic N) is 1. The minimum atomic E-state index is -1.61. The number of ether oxygens (including phenoxy) is 1. The van der Waals surface area contributed by atoms with Crippen molar-refractivity contribution in [2.24, 2.45) is 5.73 Å². The highest BCUT2D eigenvalue weighted by atomic mass is 35.5. The van der Waals surface area contributed by atoms with Gasteiger partial charge in [0, 0.05) is 18.4 Å². The van der Waals surface area contributed by atoms with Crippen molar-refractivity contribution >= 4 is 46.2 Å². The molecule has 0 atom stereocenters. The summed E-state index contributed by atoms with van der Waals surface area (Å²) >= 11 is 12.3. The standard InChI is InChI=1S/C20H16Cl2N2O5/c21-14-3-1-2-12(18(14)22)8-11-4-5-15-13(9-11)19(26)16(29-20(27)28)10-24(15)7-6-17(23)25/h1-5,9-10H,6-8H2,(H2,23,25)(H,27,28). The van der Waals surface area contributed by atoms with Crippen LogP contribution in [0.2, 0.25) is 10.0 Å². The van der Waals surface area contributed by atoms with Gasteiger partial charge in [0.05, 0.1) is 21.8 Å². The summed E-state index contributed by atoms with van der Waals surface area (Å²) in [6, 6.07) is 10.5. The number of amides is 1. The Morgan fingerprint density at radius 2 is 1.93 bits per heavy atom. The van der Waals surface area contributed by atoms with E-state index in [1.54, 1.807) is 28.8 Å². The first-order chi connectivity index (χ1) is 13.8. The van der Waals surface area contributed by atoms with Crippen molar-refractivity contribution in [1.82, 2.24) is 4.57 Å². The fraction of sp³-hybridized carbons (Fsp3) is 0.150. The van der Waals surface area contributed by atoms with E-state index in [0.717, 1.165) is 11.1 Å². The number of hydrogen-bond acceptors (Lipinski definition) is 4. The van der Waals surface area contributed by atoms with Crippen molar-refractivity contribution in [3.05, 3.63) is 74.0 Å². The van der Waals surface area contributed by atoms with Crippen molar-refractivity contribution in [1.29, 1.82) is 0 Å². The van der Waals surface area contributed by atoms with Gasteiger partial charge in [-0.05, 0) is 35.7 Å². The van der Waals surface area contributed by atoms with Gasteiger partial charge in [0.1, 0.15) is 0 Å². The lowest BCUT2D eigenvalue weighted by molar-refractivity contribution is -0.118. The van der Waals surface area contributed by atoms with Crippen LogP contribution in [0.4, 0.5) is 4.79 Å². The van der Waals surface area contributed by atoms with Crippen LogP contribution < -0.4 is 15.9 Å². The number of primary amides is 1. The third kappa shape index (κ3) is 4.70. The van der Waals surface area contributed by atoms with Crippen LogP contribution in [-0.2, 0) is 17.8 Å². The molecule has 0 aliphatic rings. The molecule has 0 unspecified atom stereocenters. The zero-order valence-corrected chi connectivity index (χ0v) is 16.5. The van der Waals surface area contributed by atoms with Gasteiger partial charge in [0.2, 0.25) is 11.3 Å². The van der Waals surface area contributed by atoms with Crippen LogP contribution in [0, 0.1) is 0 Å². The number of hydrogen-bond donors (Lipinski definition) is 2. The number of nitrogens with two attached hydrogens (primary N) is 1. The fourth-order valence-corrected chi connectivity index (χ4v) is 3.40. The van der Waals surface area contributed by atoms with Gasteiger partial charge in [0.15, 0.2) is 5.75 Å². The molecule has 0 saturated heterocycles. The molecule has 0 spiro atoms. The summed E-state index contributed by atoms with van der Waals surface area (Å²) in [4.78, 5) is 34.8. The monoisotopic (exact) mass is 434 g/mol. The predicted octanol–water partition coefficient (Wildman–Crippen LogP) is 3.83. The molecular formula is C20H16Cl2N2O5. The largest absolute Gasteiger partial charge is 0.511 e. The Kier molecular flexibility index (Phi) is 6.10. The second-order valence-corrected chi connectivity index (χ2v) is 7.13. The van der Waals surface area contributed by atoms with Gasteiger partial charge in [-0.25, -0.2) is 4.79 Å². The number of aromatic nitrogens is 1. The van der Waals surface area contributed by atoms with Crippen molar-refractivity contribution < 1.29 is 19.4 Å². The molecule has 1 amide bonds. The average Bonchev–Trinajstić information content (AvgIpc) is 2.66. The summed E-state index contributed by atoms with van der Waals surface area (Å²) in [5.41, 5.74) is 6.71. The highest BCUT2D eigenvalue weighted by Gasteiger charge is 2.15. The molecule has 7 nitrogen and oxygen atoms in total. The molecule has 3 rings (SSSR count). The quantitative estimate of drug-likeness (QED) is 0.572. The molecule has 9 heteroatoms.